The van der Waals surface area contributed by atoms with Crippen molar-refractivity contribution >= 4 is 10.9 Å². The number of nitrogens with two attached hydrogens (primary N) is 1. The summed E-state index contributed by atoms with van der Waals surface area (Å²) in [5.74, 6) is 1.76. The zero-order valence-electron chi connectivity index (χ0n) is 13.5. The predicted molar refractivity (Wildman–Crippen MR) is 89.0 cm³/mol. The average Bonchev–Trinajstić information content (AvgIpc) is 3.09. The molecule has 3 rings (SSSR count). The molecule has 5 heteroatoms. The molecule has 0 fully saturated rings. The molecular formula is C18H22N3O2+. The number of quaternary nitrogens is 1. The Bertz CT molecular complexity index is 837. The van der Waals surface area contributed by atoms with Crippen LogP contribution in [0.25, 0.3) is 10.9 Å². The van der Waals surface area contributed by atoms with Gasteiger partial charge in [0, 0.05) is 13.0 Å². The van der Waals surface area contributed by atoms with Crippen LogP contribution >= 0.6 is 0 Å². The Morgan fingerprint density at radius 1 is 1.22 bits per heavy atom. The summed E-state index contributed by atoms with van der Waals surface area (Å²) < 4.78 is 7.18. The Balaban J connectivity index is 2.00. The summed E-state index contributed by atoms with van der Waals surface area (Å²) in [6.07, 6.45) is 2.58. The molecule has 2 heterocycles. The SMILES string of the molecule is CC[C@H]([NH2+]Cc1ccco1)c1nc2ccccc2c(=O)n1CC. The number of hydrogen-bond acceptors (Lipinski definition) is 3. The molecule has 0 unspecified atom stereocenters. The van der Waals surface area contributed by atoms with Gasteiger partial charge in [0.1, 0.15) is 12.6 Å². The van der Waals surface area contributed by atoms with E-state index < -0.39 is 0 Å². The largest absolute Gasteiger partial charge is 0.463 e. The second kappa shape index (κ2) is 6.79. The lowest BCUT2D eigenvalue weighted by Gasteiger charge is -2.18. The number of rotatable bonds is 6. The Morgan fingerprint density at radius 2 is 2.04 bits per heavy atom. The molecule has 23 heavy (non-hydrogen) atoms. The Kier molecular flexibility index (Phi) is 4.57. The molecule has 0 bridgehead atoms. The quantitative estimate of drug-likeness (QED) is 0.759. The molecule has 1 aromatic carbocycles. The lowest BCUT2D eigenvalue weighted by Crippen LogP contribution is -2.84. The summed E-state index contributed by atoms with van der Waals surface area (Å²) in [4.78, 5) is 17.5. The van der Waals surface area contributed by atoms with E-state index >= 15 is 0 Å². The molecule has 1 atom stereocenters. The van der Waals surface area contributed by atoms with E-state index in [-0.39, 0.29) is 11.6 Å². The lowest BCUT2D eigenvalue weighted by atomic mass is 10.1. The van der Waals surface area contributed by atoms with Crippen LogP contribution in [0.5, 0.6) is 0 Å². The van der Waals surface area contributed by atoms with E-state index in [1.807, 2.05) is 43.3 Å². The first-order valence-corrected chi connectivity index (χ1v) is 8.09. The number of nitrogens with zero attached hydrogens (tertiary/aromatic N) is 2. The predicted octanol–water partition coefficient (Wildman–Crippen LogP) is 2.22. The van der Waals surface area contributed by atoms with Crippen molar-refractivity contribution in [3.05, 3.63) is 64.6 Å². The standard InChI is InChI=1S/C18H21N3O2/c1-3-15(19-12-13-8-7-11-23-13)17-20-16-10-6-5-9-14(16)18(22)21(17)4-2/h5-11,15,19H,3-4,12H2,1-2H3/p+1/t15-/m0/s1. The van der Waals surface area contributed by atoms with Crippen LogP contribution in [-0.4, -0.2) is 9.55 Å². The van der Waals surface area contributed by atoms with E-state index in [0.717, 1.165) is 30.1 Å². The molecule has 0 saturated carbocycles. The van der Waals surface area contributed by atoms with Gasteiger partial charge < -0.3 is 9.73 Å². The first-order valence-electron chi connectivity index (χ1n) is 8.09. The van der Waals surface area contributed by atoms with E-state index in [1.54, 1.807) is 10.8 Å². The molecule has 0 aliphatic rings. The van der Waals surface area contributed by atoms with Crippen molar-refractivity contribution in [2.24, 2.45) is 0 Å². The molecule has 3 aromatic rings. The molecule has 0 spiro atoms. The second-order valence-electron chi connectivity index (χ2n) is 5.57. The molecule has 5 nitrogen and oxygen atoms in total. The minimum atomic E-state index is 0.0398. The van der Waals surface area contributed by atoms with Crippen LogP contribution in [-0.2, 0) is 13.1 Å². The van der Waals surface area contributed by atoms with Gasteiger partial charge >= 0.3 is 0 Å². The topological polar surface area (TPSA) is 64.6 Å². The minimum Gasteiger partial charge on any atom is -0.463 e. The van der Waals surface area contributed by atoms with E-state index in [0.29, 0.717) is 11.9 Å². The van der Waals surface area contributed by atoms with E-state index in [4.69, 9.17) is 9.40 Å². The van der Waals surface area contributed by atoms with Gasteiger partial charge in [0.05, 0.1) is 17.2 Å². The summed E-state index contributed by atoms with van der Waals surface area (Å²) in [5.41, 5.74) is 0.806. The zero-order valence-corrected chi connectivity index (χ0v) is 13.5. The van der Waals surface area contributed by atoms with Gasteiger partial charge in [-0.25, -0.2) is 4.98 Å². The molecule has 0 aliphatic carbocycles. The molecule has 120 valence electrons. The third-order valence-electron chi connectivity index (χ3n) is 4.16. The average molecular weight is 312 g/mol. The summed E-state index contributed by atoms with van der Waals surface area (Å²) in [5, 5.41) is 2.86. The summed E-state index contributed by atoms with van der Waals surface area (Å²) >= 11 is 0. The van der Waals surface area contributed by atoms with Crippen LogP contribution in [0.1, 0.15) is 37.9 Å². The third-order valence-corrected chi connectivity index (χ3v) is 4.16. The first-order chi connectivity index (χ1) is 11.2. The highest BCUT2D eigenvalue weighted by molar-refractivity contribution is 5.77. The van der Waals surface area contributed by atoms with Crippen molar-refractivity contribution in [2.75, 3.05) is 0 Å². The highest BCUT2D eigenvalue weighted by Gasteiger charge is 2.21. The van der Waals surface area contributed by atoms with Crippen molar-refractivity contribution in [3.63, 3.8) is 0 Å². The number of para-hydroxylation sites is 1. The summed E-state index contributed by atoms with van der Waals surface area (Å²) in [6.45, 7) is 5.46. The molecule has 0 amide bonds. The minimum absolute atomic E-state index is 0.0398. The summed E-state index contributed by atoms with van der Waals surface area (Å²) in [6, 6.07) is 11.5. The normalized spacial score (nSPS) is 12.6. The van der Waals surface area contributed by atoms with Crippen LogP contribution in [0, 0.1) is 0 Å². The van der Waals surface area contributed by atoms with Gasteiger partial charge in [0.25, 0.3) is 5.56 Å². The van der Waals surface area contributed by atoms with E-state index in [2.05, 4.69) is 12.2 Å². The number of furan rings is 1. The molecule has 2 N–H and O–H groups in total. The molecule has 0 saturated heterocycles. The zero-order chi connectivity index (χ0) is 16.2. The second-order valence-corrected chi connectivity index (χ2v) is 5.57. The Hall–Kier alpha value is -2.40. The van der Waals surface area contributed by atoms with Crippen molar-refractivity contribution in [3.8, 4) is 0 Å². The smallest absolute Gasteiger partial charge is 0.261 e. The van der Waals surface area contributed by atoms with Crippen molar-refractivity contribution in [2.45, 2.75) is 39.4 Å². The van der Waals surface area contributed by atoms with Gasteiger partial charge in [-0.05, 0) is 31.2 Å². The fourth-order valence-electron chi connectivity index (χ4n) is 2.92. The Morgan fingerprint density at radius 3 is 2.74 bits per heavy atom. The molecular weight excluding hydrogens is 290 g/mol. The number of hydrogen-bond donors (Lipinski definition) is 1. The van der Waals surface area contributed by atoms with E-state index in [1.165, 1.54) is 0 Å². The Labute approximate surface area is 135 Å². The fourth-order valence-corrected chi connectivity index (χ4v) is 2.92. The third kappa shape index (κ3) is 3.05. The van der Waals surface area contributed by atoms with Gasteiger partial charge in [-0.2, -0.15) is 0 Å². The van der Waals surface area contributed by atoms with Crippen molar-refractivity contribution < 1.29 is 9.73 Å². The van der Waals surface area contributed by atoms with Crippen molar-refractivity contribution in [1.82, 2.24) is 9.55 Å². The van der Waals surface area contributed by atoms with Gasteiger partial charge in [-0.1, -0.05) is 19.1 Å². The van der Waals surface area contributed by atoms with Gasteiger partial charge in [-0.15, -0.1) is 0 Å². The maximum atomic E-state index is 12.7. The van der Waals surface area contributed by atoms with Crippen LogP contribution in [0.2, 0.25) is 0 Å². The van der Waals surface area contributed by atoms with Crippen LogP contribution in [0.4, 0.5) is 0 Å². The number of benzene rings is 1. The van der Waals surface area contributed by atoms with Crippen LogP contribution < -0.4 is 10.9 Å². The molecule has 0 radical (unpaired) electrons. The first kappa shape index (κ1) is 15.5. The van der Waals surface area contributed by atoms with E-state index in [9.17, 15) is 4.79 Å². The van der Waals surface area contributed by atoms with Gasteiger partial charge in [0.15, 0.2) is 11.6 Å². The maximum absolute atomic E-state index is 12.7. The van der Waals surface area contributed by atoms with Gasteiger partial charge in [0.2, 0.25) is 0 Å². The monoisotopic (exact) mass is 312 g/mol. The van der Waals surface area contributed by atoms with Crippen LogP contribution in [0.3, 0.4) is 0 Å². The van der Waals surface area contributed by atoms with Crippen LogP contribution in [0.15, 0.2) is 51.9 Å². The lowest BCUT2D eigenvalue weighted by molar-refractivity contribution is -0.714. The molecule has 2 aromatic heterocycles. The number of aromatic nitrogens is 2. The fraction of sp³-hybridized carbons (Fsp3) is 0.333. The van der Waals surface area contributed by atoms with Crippen molar-refractivity contribution in [1.29, 1.82) is 0 Å². The molecule has 0 aliphatic heterocycles. The van der Waals surface area contributed by atoms with Gasteiger partial charge in [-0.3, -0.25) is 9.36 Å². The highest BCUT2D eigenvalue weighted by atomic mass is 16.3. The number of fused-ring (bicyclic) bond motifs is 1. The maximum Gasteiger partial charge on any atom is 0.261 e. The highest BCUT2D eigenvalue weighted by Crippen LogP contribution is 2.14. The summed E-state index contributed by atoms with van der Waals surface area (Å²) in [7, 11) is 0.